The Hall–Kier alpha value is -6.02. The summed E-state index contributed by atoms with van der Waals surface area (Å²) in [6, 6.07) is 60.9. The molecule has 3 nitrogen and oxygen atoms in total. The Morgan fingerprint density at radius 1 is 0.469 bits per heavy atom. The van der Waals surface area contributed by atoms with Gasteiger partial charge in [-0.1, -0.05) is 140 Å². The molecule has 0 saturated heterocycles. The van der Waals surface area contributed by atoms with Gasteiger partial charge in [-0.15, -0.1) is 0 Å². The molecule has 0 saturated carbocycles. The Bertz CT molecular complexity index is 2730. The first kappa shape index (κ1) is 28.0. The third-order valence-corrected chi connectivity index (χ3v) is 13.1. The highest BCUT2D eigenvalue weighted by Gasteiger charge is 2.41. The van der Waals surface area contributed by atoms with Crippen LogP contribution >= 0.6 is 7.14 Å². The molecule has 1 unspecified atom stereocenters. The summed E-state index contributed by atoms with van der Waals surface area (Å²) in [7, 11) is -3.17. The number of benzene rings is 7. The molecule has 49 heavy (non-hydrogen) atoms. The van der Waals surface area contributed by atoms with Crippen molar-refractivity contribution in [3.8, 4) is 39.3 Å². The van der Waals surface area contributed by atoms with Crippen LogP contribution in [0.1, 0.15) is 0 Å². The molecule has 0 spiro atoms. The van der Waals surface area contributed by atoms with Gasteiger partial charge in [0.05, 0.1) is 16.7 Å². The molecule has 3 heterocycles. The molecule has 0 aliphatic carbocycles. The van der Waals surface area contributed by atoms with Crippen LogP contribution in [0.25, 0.3) is 71.9 Å². The first-order valence-corrected chi connectivity index (χ1v) is 18.3. The van der Waals surface area contributed by atoms with Gasteiger partial charge in [0.25, 0.3) is 0 Å². The Labute approximate surface area is 284 Å². The summed E-state index contributed by atoms with van der Waals surface area (Å²) < 4.78 is 18.0. The van der Waals surface area contributed by atoms with Gasteiger partial charge in [0.1, 0.15) is 5.82 Å². The van der Waals surface area contributed by atoms with Crippen molar-refractivity contribution in [2.24, 2.45) is 0 Å². The quantitative estimate of drug-likeness (QED) is 0.179. The SMILES string of the molecule is O=P1(c2ccccc2)c2cc3c4ccccc4n(-c4cc(-c5ccccc5)cc(-c5ccccc5)n4)c3cc2-c2c1ccc1ccccc21. The van der Waals surface area contributed by atoms with Crippen LogP contribution in [-0.4, -0.2) is 9.55 Å². The van der Waals surface area contributed by atoms with Crippen molar-refractivity contribution in [3.05, 3.63) is 176 Å². The second kappa shape index (κ2) is 10.8. The van der Waals surface area contributed by atoms with Crippen LogP contribution < -0.4 is 15.9 Å². The molecule has 1 atom stereocenters. The minimum atomic E-state index is -3.17. The first-order chi connectivity index (χ1) is 24.2. The van der Waals surface area contributed by atoms with E-state index in [4.69, 9.17) is 4.98 Å². The maximum Gasteiger partial charge on any atom is 0.172 e. The second-order valence-corrected chi connectivity index (χ2v) is 15.4. The van der Waals surface area contributed by atoms with Gasteiger partial charge in [0.2, 0.25) is 0 Å². The van der Waals surface area contributed by atoms with E-state index in [1.807, 2.05) is 42.5 Å². The first-order valence-electron chi connectivity index (χ1n) is 16.6. The number of hydrogen-bond donors (Lipinski definition) is 0. The summed E-state index contributed by atoms with van der Waals surface area (Å²) in [5.74, 6) is 0.841. The Morgan fingerprint density at radius 3 is 1.90 bits per heavy atom. The van der Waals surface area contributed by atoms with E-state index in [-0.39, 0.29) is 0 Å². The molecule has 1 aliphatic rings. The van der Waals surface area contributed by atoms with Crippen molar-refractivity contribution in [1.82, 2.24) is 9.55 Å². The summed E-state index contributed by atoms with van der Waals surface area (Å²) in [5, 5.41) is 7.09. The predicted molar refractivity (Wildman–Crippen MR) is 205 cm³/mol. The lowest BCUT2D eigenvalue weighted by Crippen LogP contribution is -2.20. The smallest absolute Gasteiger partial charge is 0.172 e. The van der Waals surface area contributed by atoms with Gasteiger partial charge in [-0.25, -0.2) is 4.98 Å². The van der Waals surface area contributed by atoms with Crippen LogP contribution in [0.5, 0.6) is 0 Å². The van der Waals surface area contributed by atoms with Crippen LogP contribution in [0.4, 0.5) is 0 Å². The van der Waals surface area contributed by atoms with Crippen molar-refractivity contribution in [1.29, 1.82) is 0 Å². The highest BCUT2D eigenvalue weighted by molar-refractivity contribution is 7.86. The molecular weight excluding hydrogens is 615 g/mol. The van der Waals surface area contributed by atoms with Gasteiger partial charge < -0.3 is 4.57 Å². The van der Waals surface area contributed by atoms with Crippen molar-refractivity contribution in [3.63, 3.8) is 0 Å². The van der Waals surface area contributed by atoms with E-state index in [2.05, 4.69) is 138 Å². The van der Waals surface area contributed by atoms with Gasteiger partial charge in [-0.05, 0) is 63.9 Å². The van der Waals surface area contributed by atoms with Gasteiger partial charge in [0, 0.05) is 37.8 Å². The van der Waals surface area contributed by atoms with E-state index in [1.54, 1.807) is 0 Å². The summed E-state index contributed by atoms with van der Waals surface area (Å²) in [6.45, 7) is 0. The molecule has 7 aromatic carbocycles. The standard InChI is InChI=1S/C45H29N2OP/c48-49(34-19-8-3-9-20-34)42-25-24-31-16-10-11-21-35(31)45(42)38-28-41-37(29-43(38)49)36-22-12-13-23-40(36)47(41)44-27-33(30-14-4-1-5-15-30)26-39(46-44)32-17-6-2-7-18-32/h1-29H. The number of para-hydroxylation sites is 1. The molecule has 10 rings (SSSR count). The molecule has 0 radical (unpaired) electrons. The lowest BCUT2D eigenvalue weighted by atomic mass is 9.97. The molecule has 1 aliphatic heterocycles. The van der Waals surface area contributed by atoms with E-state index >= 15 is 4.57 Å². The Kier molecular flexibility index (Phi) is 6.15. The minimum Gasteiger partial charge on any atom is -0.309 e. The van der Waals surface area contributed by atoms with Gasteiger partial charge in [-0.3, -0.25) is 4.57 Å². The predicted octanol–water partition coefficient (Wildman–Crippen LogP) is 10.3. The van der Waals surface area contributed by atoms with E-state index in [0.717, 1.165) is 87.8 Å². The average Bonchev–Trinajstić information content (AvgIpc) is 3.64. The molecule has 230 valence electrons. The van der Waals surface area contributed by atoms with Gasteiger partial charge in [-0.2, -0.15) is 0 Å². The maximum atomic E-state index is 15.7. The van der Waals surface area contributed by atoms with Crippen LogP contribution in [0.3, 0.4) is 0 Å². The molecule has 0 fully saturated rings. The summed E-state index contributed by atoms with van der Waals surface area (Å²) in [4.78, 5) is 5.34. The highest BCUT2D eigenvalue weighted by Crippen LogP contribution is 2.55. The lowest BCUT2D eigenvalue weighted by molar-refractivity contribution is 0.593. The van der Waals surface area contributed by atoms with Crippen LogP contribution in [0, 0.1) is 0 Å². The number of nitrogens with zero attached hydrogens (tertiary/aromatic N) is 2. The van der Waals surface area contributed by atoms with Crippen molar-refractivity contribution >= 4 is 55.6 Å². The molecule has 0 amide bonds. The van der Waals surface area contributed by atoms with E-state index in [9.17, 15) is 0 Å². The van der Waals surface area contributed by atoms with Gasteiger partial charge >= 0.3 is 0 Å². The van der Waals surface area contributed by atoms with E-state index in [1.165, 1.54) is 0 Å². The fourth-order valence-corrected chi connectivity index (χ4v) is 10.8. The Balaban J connectivity index is 1.33. The fraction of sp³-hybridized carbons (Fsp3) is 0. The molecule has 4 heteroatoms. The van der Waals surface area contributed by atoms with Crippen LogP contribution in [-0.2, 0) is 4.57 Å². The summed E-state index contributed by atoms with van der Waals surface area (Å²) >= 11 is 0. The topological polar surface area (TPSA) is 34.9 Å². The number of aromatic nitrogens is 2. The number of pyridine rings is 1. The highest BCUT2D eigenvalue weighted by atomic mass is 31.2. The monoisotopic (exact) mass is 644 g/mol. The van der Waals surface area contributed by atoms with Crippen molar-refractivity contribution in [2.45, 2.75) is 0 Å². The number of rotatable bonds is 4. The second-order valence-electron chi connectivity index (χ2n) is 12.7. The molecule has 0 bridgehead atoms. The van der Waals surface area contributed by atoms with Crippen molar-refractivity contribution in [2.75, 3.05) is 0 Å². The van der Waals surface area contributed by atoms with Gasteiger partial charge in [0.15, 0.2) is 7.14 Å². The normalized spacial score (nSPS) is 15.1. The van der Waals surface area contributed by atoms with E-state index in [0.29, 0.717) is 0 Å². The molecule has 0 N–H and O–H groups in total. The summed E-state index contributed by atoms with van der Waals surface area (Å²) in [6.07, 6.45) is 0. The van der Waals surface area contributed by atoms with Crippen LogP contribution in [0.2, 0.25) is 0 Å². The zero-order valence-electron chi connectivity index (χ0n) is 26.5. The average molecular weight is 645 g/mol. The molecule has 2 aromatic heterocycles. The molecular formula is C45H29N2OP. The third-order valence-electron chi connectivity index (χ3n) is 9.98. The Morgan fingerprint density at radius 2 is 1.12 bits per heavy atom. The zero-order valence-corrected chi connectivity index (χ0v) is 27.4. The lowest BCUT2D eigenvalue weighted by Gasteiger charge is -2.16. The van der Waals surface area contributed by atoms with Crippen LogP contribution in [0.15, 0.2) is 176 Å². The maximum absolute atomic E-state index is 15.7. The molecule has 9 aromatic rings. The fourth-order valence-electron chi connectivity index (χ4n) is 7.75. The van der Waals surface area contributed by atoms with E-state index < -0.39 is 7.14 Å². The van der Waals surface area contributed by atoms with Crippen molar-refractivity contribution < 1.29 is 4.57 Å². The zero-order chi connectivity index (χ0) is 32.5. The minimum absolute atomic E-state index is 0.841. The number of hydrogen-bond acceptors (Lipinski definition) is 2. The largest absolute Gasteiger partial charge is 0.309 e. The summed E-state index contributed by atoms with van der Waals surface area (Å²) in [5.41, 5.74) is 8.40. The number of fused-ring (bicyclic) bond motifs is 8. The third kappa shape index (κ3) is 4.16.